The molecule has 0 aliphatic rings. The maximum absolute atomic E-state index is 12.2. The predicted octanol–water partition coefficient (Wildman–Crippen LogP) is 5.28. The fourth-order valence-corrected chi connectivity index (χ4v) is 3.96. The predicted molar refractivity (Wildman–Crippen MR) is 126 cm³/mol. The number of carbonyl (C=O) groups is 1. The van der Waals surface area contributed by atoms with Gasteiger partial charge in [-0.15, -0.1) is 11.3 Å². The molecule has 0 aliphatic heterocycles. The topological polar surface area (TPSA) is 86.8 Å². The number of aromatic nitrogens is 1. The zero-order valence-corrected chi connectivity index (χ0v) is 18.3. The molecule has 0 bridgehead atoms. The van der Waals surface area contributed by atoms with Gasteiger partial charge in [-0.25, -0.2) is 4.79 Å². The smallest absolute Gasteiger partial charge is 0.359 e. The summed E-state index contributed by atoms with van der Waals surface area (Å²) in [5.74, 6) is -0.632. The number of carbonyl (C=O) groups excluding carboxylic acids is 1. The van der Waals surface area contributed by atoms with Gasteiger partial charge in [-0.05, 0) is 12.1 Å². The maximum Gasteiger partial charge on any atom is 0.359 e. The summed E-state index contributed by atoms with van der Waals surface area (Å²) in [6.07, 6.45) is 0.959. The van der Waals surface area contributed by atoms with E-state index >= 15 is 0 Å². The molecule has 0 radical (unpaired) electrons. The van der Waals surface area contributed by atoms with Crippen LogP contribution in [-0.2, 0) is 15.2 Å². The van der Waals surface area contributed by atoms with E-state index in [-0.39, 0.29) is 5.88 Å². The first-order valence-electron chi connectivity index (χ1n) is 9.59. The molecule has 0 fully saturated rings. The highest BCUT2D eigenvalue weighted by Gasteiger charge is 2.39. The summed E-state index contributed by atoms with van der Waals surface area (Å²) >= 11 is 7.49. The van der Waals surface area contributed by atoms with Crippen LogP contribution in [-0.4, -0.2) is 17.2 Å². The number of halogens is 1. The van der Waals surface area contributed by atoms with Gasteiger partial charge in [-0.1, -0.05) is 89.6 Å². The van der Waals surface area contributed by atoms with E-state index in [1.54, 1.807) is 6.07 Å². The van der Waals surface area contributed by atoms with Crippen LogP contribution in [0.1, 0.15) is 16.7 Å². The monoisotopic (exact) mass is 463 g/mol. The number of benzene rings is 3. The fraction of sp³-hybridized carbons (Fsp3) is 0.0417. The molecular weight excluding hydrogens is 446 g/mol. The second-order valence-electron chi connectivity index (χ2n) is 6.69. The Hall–Kier alpha value is -3.68. The highest BCUT2D eigenvalue weighted by Crippen LogP contribution is 2.41. The Balaban J connectivity index is 1.75. The third kappa shape index (κ3) is 4.64. The van der Waals surface area contributed by atoms with E-state index in [1.165, 1.54) is 16.7 Å². The molecule has 3 aromatic carbocycles. The van der Waals surface area contributed by atoms with Crippen molar-refractivity contribution in [2.75, 3.05) is 5.73 Å². The zero-order valence-electron chi connectivity index (χ0n) is 16.7. The lowest BCUT2D eigenvalue weighted by Gasteiger charge is -2.33. The fourth-order valence-electron chi connectivity index (χ4n) is 3.31. The van der Waals surface area contributed by atoms with Crippen molar-refractivity contribution >= 4 is 40.3 Å². The van der Waals surface area contributed by atoms with Gasteiger partial charge in [0.25, 0.3) is 0 Å². The molecule has 1 heterocycles. The molecular formula is C24H18ClN3O3S. The Morgan fingerprint density at radius 1 is 0.969 bits per heavy atom. The average Bonchev–Trinajstić information content (AvgIpc) is 3.22. The Kier molecular flexibility index (Phi) is 6.49. The van der Waals surface area contributed by atoms with Gasteiger partial charge in [0.05, 0.1) is 5.38 Å². The first-order chi connectivity index (χ1) is 15.6. The quantitative estimate of drug-likeness (QED) is 0.174. The van der Waals surface area contributed by atoms with Gasteiger partial charge < -0.3 is 15.3 Å². The minimum absolute atomic E-state index is 0.108. The van der Waals surface area contributed by atoms with Crippen LogP contribution < -0.4 is 10.5 Å². The Morgan fingerprint density at radius 2 is 1.59 bits per heavy atom. The van der Waals surface area contributed by atoms with E-state index in [0.717, 1.165) is 22.9 Å². The van der Waals surface area contributed by atoms with Crippen LogP contribution in [0.2, 0.25) is 5.02 Å². The summed E-state index contributed by atoms with van der Waals surface area (Å²) in [4.78, 5) is 22.2. The molecule has 0 unspecified atom stereocenters. The minimum atomic E-state index is -1.16. The van der Waals surface area contributed by atoms with Gasteiger partial charge in [0.15, 0.2) is 11.3 Å². The molecule has 0 saturated heterocycles. The van der Waals surface area contributed by atoms with Gasteiger partial charge in [0.2, 0.25) is 11.5 Å². The number of oxime groups is 1. The number of nitrogens with zero attached hydrogens (tertiary/aromatic N) is 2. The van der Waals surface area contributed by atoms with E-state index in [9.17, 15) is 4.79 Å². The summed E-state index contributed by atoms with van der Waals surface area (Å²) in [6, 6.07) is 26.5. The van der Waals surface area contributed by atoms with Gasteiger partial charge >= 0.3 is 5.97 Å². The lowest BCUT2D eigenvalue weighted by atomic mass is 9.80. The lowest BCUT2D eigenvalue weighted by Crippen LogP contribution is -2.31. The van der Waals surface area contributed by atoms with Crippen molar-refractivity contribution in [3.63, 3.8) is 0 Å². The second-order valence-corrected chi connectivity index (χ2v) is 8.02. The highest BCUT2D eigenvalue weighted by atomic mass is 35.5. The molecule has 2 N–H and O–H groups in total. The molecule has 0 atom stereocenters. The molecule has 0 amide bonds. The standard InChI is InChI=1S/C24H18ClN3O3S/c25-20-13-7-12-19(14-20)24(17-8-3-1-4-9-17,18-10-5-2-6-11-18)31-27-15-22(29)30-21-16-32-23(26)28-21/h1-16H,(H2,26,28)/b27-15-. The van der Waals surface area contributed by atoms with Crippen LogP contribution in [0.5, 0.6) is 5.88 Å². The zero-order chi connectivity index (χ0) is 22.4. The lowest BCUT2D eigenvalue weighted by molar-refractivity contribution is -0.127. The second kappa shape index (κ2) is 9.64. The average molecular weight is 464 g/mol. The number of nitrogen functional groups attached to an aromatic ring is 1. The maximum atomic E-state index is 12.2. The number of rotatable bonds is 7. The number of thiazole rings is 1. The summed E-state index contributed by atoms with van der Waals surface area (Å²) in [6.45, 7) is 0. The van der Waals surface area contributed by atoms with Gasteiger partial charge in [-0.3, -0.25) is 0 Å². The van der Waals surface area contributed by atoms with E-state index < -0.39 is 11.6 Å². The van der Waals surface area contributed by atoms with Crippen molar-refractivity contribution in [2.45, 2.75) is 5.60 Å². The van der Waals surface area contributed by atoms with Crippen molar-refractivity contribution in [1.29, 1.82) is 0 Å². The van der Waals surface area contributed by atoms with Crippen LogP contribution in [0.4, 0.5) is 5.13 Å². The normalized spacial score (nSPS) is 11.4. The van der Waals surface area contributed by atoms with E-state index in [4.69, 9.17) is 26.9 Å². The third-order valence-electron chi connectivity index (χ3n) is 4.65. The summed E-state index contributed by atoms with van der Waals surface area (Å²) in [5, 5.41) is 6.39. The molecule has 0 spiro atoms. The third-order valence-corrected chi connectivity index (χ3v) is 5.53. The number of ether oxygens (including phenoxy) is 1. The molecule has 8 heteroatoms. The van der Waals surface area contributed by atoms with E-state index in [2.05, 4.69) is 10.1 Å². The van der Waals surface area contributed by atoms with Crippen LogP contribution in [0.25, 0.3) is 0 Å². The first kappa shape index (κ1) is 21.5. The van der Waals surface area contributed by atoms with Gasteiger partial charge in [0, 0.05) is 21.7 Å². The summed E-state index contributed by atoms with van der Waals surface area (Å²) in [7, 11) is 0. The van der Waals surface area contributed by atoms with E-state index in [0.29, 0.717) is 10.2 Å². The van der Waals surface area contributed by atoms with Gasteiger partial charge in [-0.2, -0.15) is 4.98 Å². The van der Waals surface area contributed by atoms with Crippen molar-refractivity contribution in [2.24, 2.45) is 5.16 Å². The van der Waals surface area contributed by atoms with E-state index in [1.807, 2.05) is 78.9 Å². The first-order valence-corrected chi connectivity index (χ1v) is 10.8. The molecule has 32 heavy (non-hydrogen) atoms. The molecule has 4 rings (SSSR count). The molecule has 4 aromatic rings. The van der Waals surface area contributed by atoms with Crippen molar-refractivity contribution < 1.29 is 14.4 Å². The Bertz CT molecular complexity index is 1190. The summed E-state index contributed by atoms with van der Waals surface area (Å²) in [5.41, 5.74) is 6.78. The van der Waals surface area contributed by atoms with Crippen molar-refractivity contribution in [3.05, 3.63) is 112 Å². The molecule has 1 aromatic heterocycles. The number of hydrogen-bond acceptors (Lipinski definition) is 7. The number of esters is 1. The van der Waals surface area contributed by atoms with Crippen LogP contribution in [0, 0.1) is 0 Å². The Labute approximate surface area is 193 Å². The highest BCUT2D eigenvalue weighted by molar-refractivity contribution is 7.13. The van der Waals surface area contributed by atoms with Gasteiger partial charge in [0.1, 0.15) is 0 Å². The van der Waals surface area contributed by atoms with Crippen LogP contribution >= 0.6 is 22.9 Å². The van der Waals surface area contributed by atoms with Crippen LogP contribution in [0.15, 0.2) is 95.5 Å². The Morgan fingerprint density at radius 3 is 2.16 bits per heavy atom. The summed E-state index contributed by atoms with van der Waals surface area (Å²) < 4.78 is 5.12. The van der Waals surface area contributed by atoms with Crippen molar-refractivity contribution in [1.82, 2.24) is 4.98 Å². The number of anilines is 1. The van der Waals surface area contributed by atoms with Crippen LogP contribution in [0.3, 0.4) is 0 Å². The largest absolute Gasteiger partial charge is 0.402 e. The molecule has 6 nitrogen and oxygen atoms in total. The molecule has 0 aliphatic carbocycles. The number of hydrogen-bond donors (Lipinski definition) is 1. The SMILES string of the molecule is Nc1nc(OC(=O)/C=N\OC(c2ccccc2)(c2ccccc2)c2cccc(Cl)c2)cs1. The van der Waals surface area contributed by atoms with Crippen molar-refractivity contribution in [3.8, 4) is 5.88 Å². The molecule has 160 valence electrons. The minimum Gasteiger partial charge on any atom is -0.402 e. The molecule has 0 saturated carbocycles. The number of nitrogens with two attached hydrogens (primary N) is 1.